The van der Waals surface area contributed by atoms with E-state index in [0.717, 1.165) is 10.9 Å². The number of hydrogen-bond acceptors (Lipinski definition) is 7. The zero-order chi connectivity index (χ0) is 15.8. The van der Waals surface area contributed by atoms with Gasteiger partial charge < -0.3 is 20.1 Å². The lowest BCUT2D eigenvalue weighted by Crippen LogP contribution is -2.49. The van der Waals surface area contributed by atoms with Crippen molar-refractivity contribution >= 4 is 0 Å². The highest BCUT2D eigenvalue weighted by molar-refractivity contribution is 5.22. The number of H-pyrrole nitrogens is 1. The average Bonchev–Trinajstić information content (AvgIpc) is 2.64. The SMILES string of the molecule is CC#CC1(O)[C@@H](O)[C@@H]([C@H](C)O)O[C@H]1n1cnc(=O)[nH]c1=O. The van der Waals surface area contributed by atoms with E-state index in [1.165, 1.54) is 13.8 Å². The van der Waals surface area contributed by atoms with Gasteiger partial charge in [-0.25, -0.2) is 9.59 Å². The molecule has 1 aliphatic rings. The summed E-state index contributed by atoms with van der Waals surface area (Å²) in [5.74, 6) is 4.83. The molecule has 2 heterocycles. The molecule has 5 atom stereocenters. The van der Waals surface area contributed by atoms with E-state index in [1.807, 2.05) is 4.98 Å². The van der Waals surface area contributed by atoms with Gasteiger partial charge in [-0.1, -0.05) is 5.92 Å². The second-order valence-electron chi connectivity index (χ2n) is 4.73. The number of aliphatic hydroxyl groups excluding tert-OH is 2. The van der Waals surface area contributed by atoms with Crippen LogP contribution in [0.1, 0.15) is 20.1 Å². The molecule has 9 heteroatoms. The van der Waals surface area contributed by atoms with Crippen LogP contribution in [0.15, 0.2) is 15.9 Å². The monoisotopic (exact) mass is 297 g/mol. The molecule has 114 valence electrons. The van der Waals surface area contributed by atoms with E-state index in [1.54, 1.807) is 0 Å². The van der Waals surface area contributed by atoms with Crippen molar-refractivity contribution in [3.8, 4) is 11.8 Å². The third-order valence-electron chi connectivity index (χ3n) is 3.23. The van der Waals surface area contributed by atoms with Crippen molar-refractivity contribution in [2.24, 2.45) is 0 Å². The molecular formula is C12H15N3O6. The van der Waals surface area contributed by atoms with Crippen molar-refractivity contribution in [3.63, 3.8) is 0 Å². The first-order valence-electron chi connectivity index (χ1n) is 6.16. The number of aliphatic hydroxyl groups is 3. The molecule has 2 rings (SSSR count). The minimum atomic E-state index is -2.12. The molecule has 0 aromatic carbocycles. The summed E-state index contributed by atoms with van der Waals surface area (Å²) in [6.07, 6.45) is -4.35. The maximum Gasteiger partial charge on any atom is 0.350 e. The molecule has 9 nitrogen and oxygen atoms in total. The maximum absolute atomic E-state index is 11.8. The number of hydrogen-bond donors (Lipinski definition) is 4. The van der Waals surface area contributed by atoms with Gasteiger partial charge in [-0.3, -0.25) is 9.55 Å². The molecule has 0 radical (unpaired) electrons. The maximum atomic E-state index is 11.8. The standard InChI is InChI=1S/C12H15N3O6/c1-3-4-12(20)8(17)7(6(2)16)21-9(12)15-5-13-10(18)14-11(15)19/h5-9,16-17,20H,1-2H3,(H,14,18,19)/t6-,7+,8-,9+,12?/m0/s1. The van der Waals surface area contributed by atoms with E-state index >= 15 is 0 Å². The van der Waals surface area contributed by atoms with Crippen LogP contribution in [0.5, 0.6) is 0 Å². The van der Waals surface area contributed by atoms with Crippen molar-refractivity contribution in [3.05, 3.63) is 27.3 Å². The smallest absolute Gasteiger partial charge is 0.350 e. The summed E-state index contributed by atoms with van der Waals surface area (Å²) < 4.78 is 6.16. The number of nitrogens with zero attached hydrogens (tertiary/aromatic N) is 2. The Balaban J connectivity index is 2.56. The summed E-state index contributed by atoms with van der Waals surface area (Å²) in [6, 6.07) is 0. The number of aromatic nitrogens is 3. The predicted molar refractivity (Wildman–Crippen MR) is 69.1 cm³/mol. The number of nitrogens with one attached hydrogen (secondary N) is 1. The molecule has 1 aliphatic heterocycles. The van der Waals surface area contributed by atoms with Gasteiger partial charge in [0.25, 0.3) is 0 Å². The van der Waals surface area contributed by atoms with E-state index < -0.39 is 41.5 Å². The first kappa shape index (κ1) is 15.4. The Kier molecular flexibility index (Phi) is 3.97. The summed E-state index contributed by atoms with van der Waals surface area (Å²) in [7, 11) is 0. The van der Waals surface area contributed by atoms with E-state index in [9.17, 15) is 24.9 Å². The van der Waals surface area contributed by atoms with Gasteiger partial charge in [0.15, 0.2) is 11.8 Å². The fraction of sp³-hybridized carbons (Fsp3) is 0.583. The quantitative estimate of drug-likeness (QED) is 0.437. The predicted octanol–water partition coefficient (Wildman–Crippen LogP) is -2.67. The number of aromatic amines is 1. The molecule has 1 aromatic heterocycles. The highest BCUT2D eigenvalue weighted by Gasteiger charge is 2.57. The van der Waals surface area contributed by atoms with Crippen LogP contribution in [-0.2, 0) is 4.74 Å². The highest BCUT2D eigenvalue weighted by atomic mass is 16.6. The van der Waals surface area contributed by atoms with Crippen LogP contribution in [0.2, 0.25) is 0 Å². The summed E-state index contributed by atoms with van der Waals surface area (Å²) in [4.78, 5) is 28.1. The summed E-state index contributed by atoms with van der Waals surface area (Å²) in [5.41, 5.74) is -3.86. The largest absolute Gasteiger partial charge is 0.391 e. The lowest BCUT2D eigenvalue weighted by Gasteiger charge is -2.26. The van der Waals surface area contributed by atoms with Crippen molar-refractivity contribution < 1.29 is 20.1 Å². The van der Waals surface area contributed by atoms with Crippen molar-refractivity contribution in [1.29, 1.82) is 0 Å². The fourth-order valence-electron chi connectivity index (χ4n) is 2.24. The Bertz CT molecular complexity index is 699. The van der Waals surface area contributed by atoms with Gasteiger partial charge in [-0.2, -0.15) is 4.98 Å². The first-order chi connectivity index (χ1) is 9.81. The molecule has 4 N–H and O–H groups in total. The minimum absolute atomic E-state index is 0.803. The topological polar surface area (TPSA) is 138 Å². The molecule has 0 spiro atoms. The molecule has 1 saturated heterocycles. The number of rotatable bonds is 2. The van der Waals surface area contributed by atoms with E-state index in [0.29, 0.717) is 0 Å². The minimum Gasteiger partial charge on any atom is -0.391 e. The Morgan fingerprint density at radius 1 is 1.57 bits per heavy atom. The summed E-state index contributed by atoms with van der Waals surface area (Å²) in [6.45, 7) is 2.80. The summed E-state index contributed by atoms with van der Waals surface area (Å²) in [5, 5.41) is 30.3. The van der Waals surface area contributed by atoms with Crippen LogP contribution < -0.4 is 11.4 Å². The average molecular weight is 297 g/mol. The van der Waals surface area contributed by atoms with Crippen molar-refractivity contribution in [2.45, 2.75) is 44.0 Å². The number of ether oxygens (including phenoxy) is 1. The van der Waals surface area contributed by atoms with Crippen molar-refractivity contribution in [2.75, 3.05) is 0 Å². The third kappa shape index (κ3) is 2.50. The Morgan fingerprint density at radius 3 is 2.76 bits per heavy atom. The molecule has 1 aromatic rings. The van der Waals surface area contributed by atoms with Crippen LogP contribution in [0.3, 0.4) is 0 Å². The van der Waals surface area contributed by atoms with Crippen LogP contribution in [0.25, 0.3) is 0 Å². The zero-order valence-electron chi connectivity index (χ0n) is 11.3. The lowest BCUT2D eigenvalue weighted by molar-refractivity contribution is -0.0889. The van der Waals surface area contributed by atoms with Gasteiger partial charge in [-0.05, 0) is 13.8 Å². The second kappa shape index (κ2) is 5.42. The molecule has 0 bridgehead atoms. The Hall–Kier alpha value is -1.99. The summed E-state index contributed by atoms with van der Waals surface area (Å²) >= 11 is 0. The molecule has 1 unspecified atom stereocenters. The van der Waals surface area contributed by atoms with Crippen molar-refractivity contribution in [1.82, 2.24) is 14.5 Å². The van der Waals surface area contributed by atoms with Gasteiger partial charge in [0.05, 0.1) is 6.10 Å². The van der Waals surface area contributed by atoms with Crippen LogP contribution in [0.4, 0.5) is 0 Å². The van der Waals surface area contributed by atoms with Crippen LogP contribution >= 0.6 is 0 Å². The molecule has 0 saturated carbocycles. The van der Waals surface area contributed by atoms with E-state index in [4.69, 9.17) is 4.74 Å². The molecular weight excluding hydrogens is 282 g/mol. The van der Waals surface area contributed by atoms with Gasteiger partial charge in [0.1, 0.15) is 18.5 Å². The molecule has 0 amide bonds. The first-order valence-corrected chi connectivity index (χ1v) is 6.16. The zero-order valence-corrected chi connectivity index (χ0v) is 11.3. The third-order valence-corrected chi connectivity index (χ3v) is 3.23. The Morgan fingerprint density at radius 2 is 2.24 bits per heavy atom. The van der Waals surface area contributed by atoms with Gasteiger partial charge >= 0.3 is 11.4 Å². The normalized spacial score (nSPS) is 33.3. The molecule has 1 fully saturated rings. The van der Waals surface area contributed by atoms with Gasteiger partial charge in [0, 0.05) is 0 Å². The van der Waals surface area contributed by atoms with E-state index in [-0.39, 0.29) is 0 Å². The lowest BCUT2D eigenvalue weighted by atomic mass is 9.93. The molecule has 21 heavy (non-hydrogen) atoms. The second-order valence-corrected chi connectivity index (χ2v) is 4.73. The van der Waals surface area contributed by atoms with E-state index in [2.05, 4.69) is 16.8 Å². The van der Waals surface area contributed by atoms with Crippen LogP contribution in [0, 0.1) is 11.8 Å². The van der Waals surface area contributed by atoms with Crippen LogP contribution in [-0.4, -0.2) is 53.8 Å². The highest BCUT2D eigenvalue weighted by Crippen LogP contribution is 2.38. The Labute approximate surface area is 118 Å². The fourth-order valence-corrected chi connectivity index (χ4v) is 2.24. The van der Waals surface area contributed by atoms with Gasteiger partial charge in [-0.15, -0.1) is 5.92 Å². The molecule has 0 aliphatic carbocycles. The van der Waals surface area contributed by atoms with Gasteiger partial charge in [0.2, 0.25) is 0 Å².